The maximum Gasteiger partial charge on any atom is 0.263 e. The second kappa shape index (κ2) is 5.30. The summed E-state index contributed by atoms with van der Waals surface area (Å²) in [6.07, 6.45) is 3.93. The number of carbonyl (C=O) groups is 1. The highest BCUT2D eigenvalue weighted by molar-refractivity contribution is 5.93. The van der Waals surface area contributed by atoms with Crippen LogP contribution in [0.25, 0.3) is 0 Å². The van der Waals surface area contributed by atoms with Crippen LogP contribution in [0, 0.1) is 6.92 Å². The fourth-order valence-corrected chi connectivity index (χ4v) is 2.13. The fourth-order valence-electron chi connectivity index (χ4n) is 2.13. The molecule has 3 N–H and O–H groups in total. The zero-order valence-corrected chi connectivity index (χ0v) is 10.5. The van der Waals surface area contributed by atoms with Crippen molar-refractivity contribution < 1.29 is 4.79 Å². The van der Waals surface area contributed by atoms with E-state index in [1.807, 2.05) is 0 Å². The molecule has 0 aliphatic carbocycles. The molecule has 1 aliphatic heterocycles. The van der Waals surface area contributed by atoms with Gasteiger partial charge in [0.2, 0.25) is 0 Å². The minimum absolute atomic E-state index is 0.107. The minimum atomic E-state index is -0.374. The molecule has 1 amide bonds. The van der Waals surface area contributed by atoms with Crippen LogP contribution in [-0.4, -0.2) is 39.9 Å². The van der Waals surface area contributed by atoms with Crippen LogP contribution in [0.15, 0.2) is 11.0 Å². The van der Waals surface area contributed by atoms with Crippen LogP contribution in [0.1, 0.15) is 35.4 Å². The van der Waals surface area contributed by atoms with E-state index < -0.39 is 0 Å². The highest BCUT2D eigenvalue weighted by atomic mass is 16.2. The first-order valence-corrected chi connectivity index (χ1v) is 6.18. The topological polar surface area (TPSA) is 92.1 Å². The Morgan fingerprint density at radius 3 is 3.00 bits per heavy atom. The number of nitrogens with zero attached hydrogens (tertiary/aromatic N) is 2. The van der Waals surface area contributed by atoms with Crippen LogP contribution in [0.5, 0.6) is 0 Å². The first kappa shape index (κ1) is 12.8. The van der Waals surface area contributed by atoms with Gasteiger partial charge in [0.25, 0.3) is 11.5 Å². The van der Waals surface area contributed by atoms with Gasteiger partial charge in [-0.25, -0.2) is 4.98 Å². The number of H-pyrrole nitrogens is 1. The molecule has 6 heteroatoms. The van der Waals surface area contributed by atoms with Gasteiger partial charge >= 0.3 is 0 Å². The summed E-state index contributed by atoms with van der Waals surface area (Å²) in [5, 5.41) is 0. The van der Waals surface area contributed by atoms with Crippen molar-refractivity contribution in [2.75, 3.05) is 13.1 Å². The highest BCUT2D eigenvalue weighted by Crippen LogP contribution is 2.11. The Hall–Kier alpha value is -1.69. The minimum Gasteiger partial charge on any atom is -0.338 e. The lowest BCUT2D eigenvalue weighted by Crippen LogP contribution is -2.36. The molecule has 2 heterocycles. The van der Waals surface area contributed by atoms with Gasteiger partial charge < -0.3 is 15.6 Å². The molecule has 1 saturated heterocycles. The summed E-state index contributed by atoms with van der Waals surface area (Å²) in [4.78, 5) is 32.1. The van der Waals surface area contributed by atoms with E-state index in [9.17, 15) is 9.59 Å². The van der Waals surface area contributed by atoms with Crippen molar-refractivity contribution in [3.63, 3.8) is 0 Å². The summed E-state index contributed by atoms with van der Waals surface area (Å²) >= 11 is 0. The number of likely N-dealkylation sites (tertiary alicyclic amines) is 1. The lowest BCUT2D eigenvalue weighted by Gasteiger charge is -2.19. The first-order valence-electron chi connectivity index (χ1n) is 6.18. The zero-order valence-electron chi connectivity index (χ0n) is 10.5. The molecule has 0 saturated carbocycles. The average Bonchev–Trinajstić information content (AvgIpc) is 2.53. The molecule has 1 fully saturated rings. The fraction of sp³-hybridized carbons (Fsp3) is 0.583. The molecule has 98 valence electrons. The standard InChI is InChI=1S/C12H18N4O2/c1-8-14-7-10(11(17)15-8)12(18)16-5-2-3-9(13)4-6-16/h7,9H,2-6,13H2,1H3,(H,14,15,17). The predicted octanol–water partition coefficient (Wildman–Crippen LogP) is 0.0317. The molecule has 1 aromatic heterocycles. The van der Waals surface area contributed by atoms with E-state index in [0.717, 1.165) is 19.3 Å². The third kappa shape index (κ3) is 2.76. The summed E-state index contributed by atoms with van der Waals surface area (Å²) in [6, 6.07) is 0.150. The number of hydrogen-bond donors (Lipinski definition) is 2. The Morgan fingerprint density at radius 1 is 1.50 bits per heavy atom. The van der Waals surface area contributed by atoms with E-state index in [1.165, 1.54) is 6.20 Å². The Labute approximate surface area is 105 Å². The van der Waals surface area contributed by atoms with Gasteiger partial charge in [-0.1, -0.05) is 0 Å². The van der Waals surface area contributed by atoms with Crippen LogP contribution in [0.2, 0.25) is 0 Å². The number of rotatable bonds is 1. The average molecular weight is 250 g/mol. The van der Waals surface area contributed by atoms with Crippen molar-refractivity contribution in [1.82, 2.24) is 14.9 Å². The third-order valence-electron chi connectivity index (χ3n) is 3.22. The number of aryl methyl sites for hydroxylation is 1. The third-order valence-corrected chi connectivity index (χ3v) is 3.22. The SMILES string of the molecule is Cc1ncc(C(=O)N2CCCC(N)CC2)c(=O)[nH]1. The van der Waals surface area contributed by atoms with E-state index in [2.05, 4.69) is 9.97 Å². The van der Waals surface area contributed by atoms with Gasteiger partial charge in [-0.05, 0) is 26.2 Å². The summed E-state index contributed by atoms with van der Waals surface area (Å²) in [5.41, 5.74) is 5.60. The van der Waals surface area contributed by atoms with E-state index in [-0.39, 0.29) is 23.1 Å². The normalized spacial score (nSPS) is 20.6. The van der Waals surface area contributed by atoms with Gasteiger partial charge in [-0.3, -0.25) is 9.59 Å². The van der Waals surface area contributed by atoms with Crippen molar-refractivity contribution in [3.05, 3.63) is 27.9 Å². The van der Waals surface area contributed by atoms with Crippen molar-refractivity contribution in [3.8, 4) is 0 Å². The second-order valence-electron chi connectivity index (χ2n) is 4.69. The lowest BCUT2D eigenvalue weighted by atomic mass is 10.1. The molecule has 0 aromatic carbocycles. The Kier molecular flexibility index (Phi) is 3.76. The van der Waals surface area contributed by atoms with Gasteiger partial charge in [0, 0.05) is 25.3 Å². The maximum absolute atomic E-state index is 12.2. The van der Waals surface area contributed by atoms with Crippen molar-refractivity contribution in [2.24, 2.45) is 5.73 Å². The van der Waals surface area contributed by atoms with Crippen LogP contribution < -0.4 is 11.3 Å². The molecule has 1 aliphatic rings. The number of amides is 1. The highest BCUT2D eigenvalue weighted by Gasteiger charge is 2.22. The molecule has 1 aromatic rings. The molecule has 0 radical (unpaired) electrons. The quantitative estimate of drug-likeness (QED) is 0.735. The molecular weight excluding hydrogens is 232 g/mol. The number of hydrogen-bond acceptors (Lipinski definition) is 4. The van der Waals surface area contributed by atoms with E-state index in [4.69, 9.17) is 5.73 Å². The van der Waals surface area contributed by atoms with Crippen LogP contribution in [0.4, 0.5) is 0 Å². The molecule has 1 unspecified atom stereocenters. The van der Waals surface area contributed by atoms with Gasteiger partial charge in [0.15, 0.2) is 0 Å². The van der Waals surface area contributed by atoms with Crippen LogP contribution in [-0.2, 0) is 0 Å². The Bertz CT molecular complexity index is 497. The largest absolute Gasteiger partial charge is 0.338 e. The van der Waals surface area contributed by atoms with Crippen molar-refractivity contribution in [1.29, 1.82) is 0 Å². The molecule has 1 atom stereocenters. The molecule has 6 nitrogen and oxygen atoms in total. The van der Waals surface area contributed by atoms with Gasteiger partial charge in [0.1, 0.15) is 11.4 Å². The molecular formula is C12H18N4O2. The lowest BCUT2D eigenvalue weighted by molar-refractivity contribution is 0.0759. The number of aromatic nitrogens is 2. The molecule has 18 heavy (non-hydrogen) atoms. The number of aromatic amines is 1. The summed E-state index contributed by atoms with van der Waals surface area (Å²) in [6.45, 7) is 2.94. The second-order valence-corrected chi connectivity index (χ2v) is 4.69. The molecule has 0 bridgehead atoms. The zero-order chi connectivity index (χ0) is 13.1. The van der Waals surface area contributed by atoms with Gasteiger partial charge in [0.05, 0.1) is 0 Å². The number of nitrogens with one attached hydrogen (secondary N) is 1. The molecule has 2 rings (SSSR count). The Balaban J connectivity index is 2.17. The summed E-state index contributed by atoms with van der Waals surface area (Å²) in [5.74, 6) is 0.257. The van der Waals surface area contributed by atoms with Gasteiger partial charge in [-0.2, -0.15) is 0 Å². The number of nitrogens with two attached hydrogens (primary N) is 1. The first-order chi connectivity index (χ1) is 8.58. The van der Waals surface area contributed by atoms with Crippen LogP contribution in [0.3, 0.4) is 0 Å². The Morgan fingerprint density at radius 2 is 2.28 bits per heavy atom. The van der Waals surface area contributed by atoms with E-state index >= 15 is 0 Å². The van der Waals surface area contributed by atoms with E-state index in [0.29, 0.717) is 18.9 Å². The van der Waals surface area contributed by atoms with Crippen LogP contribution >= 0.6 is 0 Å². The van der Waals surface area contributed by atoms with E-state index in [1.54, 1.807) is 11.8 Å². The maximum atomic E-state index is 12.2. The monoisotopic (exact) mass is 250 g/mol. The smallest absolute Gasteiger partial charge is 0.263 e. The predicted molar refractivity (Wildman–Crippen MR) is 67.3 cm³/mol. The van der Waals surface area contributed by atoms with Crippen molar-refractivity contribution in [2.45, 2.75) is 32.2 Å². The molecule has 0 spiro atoms. The van der Waals surface area contributed by atoms with Crippen molar-refractivity contribution >= 4 is 5.91 Å². The van der Waals surface area contributed by atoms with Gasteiger partial charge in [-0.15, -0.1) is 0 Å². The summed E-state index contributed by atoms with van der Waals surface area (Å²) < 4.78 is 0. The summed E-state index contributed by atoms with van der Waals surface area (Å²) in [7, 11) is 0. The number of carbonyl (C=O) groups excluding carboxylic acids is 1.